The van der Waals surface area contributed by atoms with Gasteiger partial charge in [-0.05, 0) is 17.5 Å². The van der Waals surface area contributed by atoms with E-state index in [1.54, 1.807) is 6.08 Å². The van der Waals surface area contributed by atoms with E-state index in [0.29, 0.717) is 11.3 Å². The molecule has 0 fully saturated rings. The highest BCUT2D eigenvalue weighted by Crippen LogP contribution is 2.19. The summed E-state index contributed by atoms with van der Waals surface area (Å²) in [6, 6.07) is 0. The van der Waals surface area contributed by atoms with Crippen molar-refractivity contribution in [3.05, 3.63) is 11.0 Å². The monoisotopic (exact) mass is 103 g/mol. The van der Waals surface area contributed by atoms with Crippen LogP contribution in [0.25, 0.3) is 0 Å². The summed E-state index contributed by atoms with van der Waals surface area (Å²) in [6.45, 7) is 0. The van der Waals surface area contributed by atoms with Gasteiger partial charge < -0.3 is 4.55 Å². The molecule has 1 aliphatic rings. The van der Waals surface area contributed by atoms with Crippen molar-refractivity contribution in [1.29, 1.82) is 0 Å². The van der Waals surface area contributed by atoms with Crippen molar-refractivity contribution in [2.75, 3.05) is 0 Å². The molecule has 0 amide bonds. The molecule has 0 radical (unpaired) electrons. The molecular weight excluding hydrogens is 100 g/mol. The molecule has 0 aromatic carbocycles. The zero-order valence-electron chi connectivity index (χ0n) is 3.01. The lowest BCUT2D eigenvalue weighted by atomic mass is 10.9. The van der Waals surface area contributed by atoms with Crippen LogP contribution in [0.15, 0.2) is 11.0 Å². The largest absolute Gasteiger partial charge is 0.769 e. The molecule has 0 saturated carbocycles. The second-order valence-corrected chi connectivity index (χ2v) is 2.10. The fourth-order valence-electron chi connectivity index (χ4n) is 0.178. The predicted molar refractivity (Wildman–Crippen MR) is 21.6 cm³/mol. The first kappa shape index (κ1) is 4.02. The molecule has 0 N–H and O–H groups in total. The van der Waals surface area contributed by atoms with Gasteiger partial charge in [-0.2, -0.15) is 0 Å². The van der Waals surface area contributed by atoms with Crippen molar-refractivity contribution in [2.45, 2.75) is 6.42 Å². The Balaban J connectivity index is 2.52. The molecule has 2 nitrogen and oxygen atoms in total. The molecule has 0 aliphatic heterocycles. The third-order valence-electron chi connectivity index (χ3n) is 0.585. The van der Waals surface area contributed by atoms with Gasteiger partial charge in [0.15, 0.2) is 0 Å². The second kappa shape index (κ2) is 1.17. The molecule has 0 aromatic heterocycles. The third-order valence-corrected chi connectivity index (χ3v) is 1.35. The van der Waals surface area contributed by atoms with Crippen molar-refractivity contribution in [1.82, 2.24) is 0 Å². The molecule has 1 aliphatic carbocycles. The maximum atomic E-state index is 9.69. The number of rotatable bonds is 1. The lowest BCUT2D eigenvalue weighted by Crippen LogP contribution is -1.77. The minimum Gasteiger partial charge on any atom is -0.769 e. The third kappa shape index (κ3) is 0.666. The molecule has 0 saturated heterocycles. The van der Waals surface area contributed by atoms with E-state index in [1.807, 2.05) is 0 Å². The standard InChI is InChI=1S/C3H4O2S/c4-6(5)3-1-2-3/h1H,2H2,(H,4,5)/p-1. The summed E-state index contributed by atoms with van der Waals surface area (Å²) in [5, 5.41) is 0. The molecule has 0 heterocycles. The van der Waals surface area contributed by atoms with E-state index < -0.39 is 11.1 Å². The van der Waals surface area contributed by atoms with Crippen LogP contribution in [-0.4, -0.2) is 8.76 Å². The van der Waals surface area contributed by atoms with Gasteiger partial charge in [-0.1, -0.05) is 6.08 Å². The summed E-state index contributed by atoms with van der Waals surface area (Å²) in [7, 11) is 0. The zero-order valence-corrected chi connectivity index (χ0v) is 3.83. The average molecular weight is 103 g/mol. The molecule has 0 spiro atoms. The summed E-state index contributed by atoms with van der Waals surface area (Å²) in [6.07, 6.45) is 2.35. The van der Waals surface area contributed by atoms with Crippen LogP contribution < -0.4 is 0 Å². The van der Waals surface area contributed by atoms with E-state index in [2.05, 4.69) is 0 Å². The van der Waals surface area contributed by atoms with Crippen molar-refractivity contribution in [2.24, 2.45) is 0 Å². The molecule has 1 unspecified atom stereocenters. The van der Waals surface area contributed by atoms with Gasteiger partial charge in [-0.15, -0.1) is 0 Å². The fraction of sp³-hybridized carbons (Fsp3) is 0.333. The van der Waals surface area contributed by atoms with Gasteiger partial charge in [0, 0.05) is 4.91 Å². The Kier molecular flexibility index (Phi) is 0.782. The Morgan fingerprint density at radius 3 is 2.50 bits per heavy atom. The lowest BCUT2D eigenvalue weighted by molar-refractivity contribution is 0.544. The minimum atomic E-state index is -1.90. The van der Waals surface area contributed by atoms with Gasteiger partial charge in [0.2, 0.25) is 0 Å². The Hall–Kier alpha value is -0.150. The predicted octanol–water partition coefficient (Wildman–Crippen LogP) is 0.153. The van der Waals surface area contributed by atoms with Crippen LogP contribution in [0, 0.1) is 0 Å². The molecule has 6 heavy (non-hydrogen) atoms. The van der Waals surface area contributed by atoms with Gasteiger partial charge in [0.25, 0.3) is 0 Å². The molecule has 0 bridgehead atoms. The van der Waals surface area contributed by atoms with E-state index in [1.165, 1.54) is 0 Å². The minimum absolute atomic E-state index is 0.551. The fourth-order valence-corrected chi connectivity index (χ4v) is 0.533. The lowest BCUT2D eigenvalue weighted by Gasteiger charge is -1.92. The van der Waals surface area contributed by atoms with Crippen LogP contribution in [0.5, 0.6) is 0 Å². The summed E-state index contributed by atoms with van der Waals surface area (Å²) < 4.78 is 19.4. The molecule has 3 heteroatoms. The van der Waals surface area contributed by atoms with Crippen molar-refractivity contribution >= 4 is 11.1 Å². The number of allylic oxidation sites excluding steroid dienone is 2. The van der Waals surface area contributed by atoms with E-state index >= 15 is 0 Å². The van der Waals surface area contributed by atoms with Crippen LogP contribution in [-0.2, 0) is 11.1 Å². The first-order chi connectivity index (χ1) is 2.80. The maximum absolute atomic E-state index is 9.69. The van der Waals surface area contributed by atoms with Crippen molar-refractivity contribution in [3.8, 4) is 0 Å². The van der Waals surface area contributed by atoms with Crippen LogP contribution in [0.1, 0.15) is 6.42 Å². The highest BCUT2D eigenvalue weighted by atomic mass is 32.2. The Morgan fingerprint density at radius 1 is 2.00 bits per heavy atom. The van der Waals surface area contributed by atoms with Crippen LogP contribution in [0.4, 0.5) is 0 Å². The van der Waals surface area contributed by atoms with Crippen LogP contribution in [0.2, 0.25) is 0 Å². The summed E-state index contributed by atoms with van der Waals surface area (Å²) in [5.74, 6) is 0. The normalized spacial score (nSPS) is 22.5. The van der Waals surface area contributed by atoms with E-state index in [-0.39, 0.29) is 0 Å². The van der Waals surface area contributed by atoms with Crippen LogP contribution >= 0.6 is 0 Å². The first-order valence-corrected chi connectivity index (χ1v) is 2.66. The van der Waals surface area contributed by atoms with Crippen LogP contribution in [0.3, 0.4) is 0 Å². The Morgan fingerprint density at radius 2 is 2.50 bits per heavy atom. The quantitative estimate of drug-likeness (QED) is 0.443. The number of hydrogen-bond donors (Lipinski definition) is 0. The molecule has 0 aromatic rings. The summed E-state index contributed by atoms with van der Waals surface area (Å²) in [4.78, 5) is 0.551. The smallest absolute Gasteiger partial charge is 0.00258 e. The SMILES string of the molecule is O=S([O-])C1=CC1. The van der Waals surface area contributed by atoms with Gasteiger partial charge in [0.05, 0.1) is 0 Å². The second-order valence-electron chi connectivity index (χ2n) is 1.11. The molecular formula is C3H3O2S-. The van der Waals surface area contributed by atoms with Crippen molar-refractivity contribution < 1.29 is 8.76 Å². The van der Waals surface area contributed by atoms with Crippen molar-refractivity contribution in [3.63, 3.8) is 0 Å². The van der Waals surface area contributed by atoms with E-state index in [0.717, 1.165) is 0 Å². The maximum Gasteiger partial charge on any atom is 0.00258 e. The summed E-state index contributed by atoms with van der Waals surface area (Å²) >= 11 is -1.90. The average Bonchev–Trinajstić information content (AvgIpc) is 2.06. The van der Waals surface area contributed by atoms with Gasteiger partial charge in [0.1, 0.15) is 0 Å². The Bertz CT molecular complexity index is 116. The molecule has 1 atom stereocenters. The van der Waals surface area contributed by atoms with Gasteiger partial charge in [-0.3, -0.25) is 4.21 Å². The first-order valence-electron chi connectivity index (χ1n) is 1.59. The van der Waals surface area contributed by atoms with Gasteiger partial charge in [-0.25, -0.2) is 0 Å². The van der Waals surface area contributed by atoms with E-state index in [9.17, 15) is 8.76 Å². The Labute approximate surface area is 38.2 Å². The highest BCUT2D eigenvalue weighted by Gasteiger charge is 2.04. The topological polar surface area (TPSA) is 40.1 Å². The van der Waals surface area contributed by atoms with Gasteiger partial charge >= 0.3 is 0 Å². The summed E-state index contributed by atoms with van der Waals surface area (Å²) in [5.41, 5.74) is 0. The molecule has 1 rings (SSSR count). The molecule has 34 valence electrons. The zero-order chi connectivity index (χ0) is 4.57. The van der Waals surface area contributed by atoms with E-state index in [4.69, 9.17) is 0 Å². The highest BCUT2D eigenvalue weighted by molar-refractivity contribution is 7.83. The number of hydrogen-bond acceptors (Lipinski definition) is 2.